The van der Waals surface area contributed by atoms with Crippen molar-refractivity contribution in [3.8, 4) is 5.75 Å². The van der Waals surface area contributed by atoms with Gasteiger partial charge in [0.1, 0.15) is 19.0 Å². The first-order valence-corrected chi connectivity index (χ1v) is 6.87. The molecule has 0 aliphatic heterocycles. The van der Waals surface area contributed by atoms with Gasteiger partial charge in [0.15, 0.2) is 0 Å². The summed E-state index contributed by atoms with van der Waals surface area (Å²) >= 11 is 3.38. The number of nitrogens with one attached hydrogen (secondary N) is 1. The highest BCUT2D eigenvalue weighted by molar-refractivity contribution is 9.10. The number of benzene rings is 1. The standard InChI is InChI=1S/C13H17BrF3NO2/c1-9(18-2)11-7-10(14)3-4-12(11)20-6-5-19-8-13(15,16)17/h3-4,7,9,18H,5-6,8H2,1-2H3. The first-order valence-electron chi connectivity index (χ1n) is 6.07. The van der Waals surface area contributed by atoms with Crippen LogP contribution in [0.15, 0.2) is 22.7 Å². The third-order valence-electron chi connectivity index (χ3n) is 2.62. The first-order chi connectivity index (χ1) is 9.33. The SMILES string of the molecule is CNC(C)c1cc(Br)ccc1OCCOCC(F)(F)F. The summed E-state index contributed by atoms with van der Waals surface area (Å²) in [5.41, 5.74) is 0.928. The van der Waals surface area contributed by atoms with Crippen LogP contribution < -0.4 is 10.1 Å². The van der Waals surface area contributed by atoms with E-state index in [9.17, 15) is 13.2 Å². The Labute approximate surface area is 124 Å². The van der Waals surface area contributed by atoms with Crippen molar-refractivity contribution < 1.29 is 22.6 Å². The van der Waals surface area contributed by atoms with E-state index in [0.717, 1.165) is 10.0 Å². The average molecular weight is 356 g/mol. The van der Waals surface area contributed by atoms with Crippen molar-refractivity contribution in [1.82, 2.24) is 5.32 Å². The van der Waals surface area contributed by atoms with E-state index in [1.807, 2.05) is 26.1 Å². The van der Waals surface area contributed by atoms with E-state index in [0.29, 0.717) is 5.75 Å². The molecule has 0 radical (unpaired) electrons. The van der Waals surface area contributed by atoms with Gasteiger partial charge in [0.05, 0.1) is 6.61 Å². The molecule has 0 bridgehead atoms. The van der Waals surface area contributed by atoms with Crippen molar-refractivity contribution in [3.05, 3.63) is 28.2 Å². The summed E-state index contributed by atoms with van der Waals surface area (Å²) in [6, 6.07) is 5.57. The number of ether oxygens (including phenoxy) is 2. The van der Waals surface area contributed by atoms with Gasteiger partial charge in [-0.25, -0.2) is 0 Å². The van der Waals surface area contributed by atoms with Crippen LogP contribution in [0.1, 0.15) is 18.5 Å². The second kappa shape index (κ2) is 7.85. The summed E-state index contributed by atoms with van der Waals surface area (Å²) < 4.78 is 46.5. The van der Waals surface area contributed by atoms with Crippen molar-refractivity contribution in [2.45, 2.75) is 19.1 Å². The van der Waals surface area contributed by atoms with E-state index >= 15 is 0 Å². The largest absolute Gasteiger partial charge is 0.491 e. The average Bonchev–Trinajstić information content (AvgIpc) is 2.37. The van der Waals surface area contributed by atoms with Gasteiger partial charge in [-0.1, -0.05) is 15.9 Å². The molecule has 1 aromatic carbocycles. The van der Waals surface area contributed by atoms with E-state index in [2.05, 4.69) is 26.0 Å². The van der Waals surface area contributed by atoms with E-state index in [1.54, 1.807) is 6.07 Å². The van der Waals surface area contributed by atoms with Crippen molar-refractivity contribution >= 4 is 15.9 Å². The van der Waals surface area contributed by atoms with Crippen LogP contribution >= 0.6 is 15.9 Å². The summed E-state index contributed by atoms with van der Waals surface area (Å²) in [6.45, 7) is 0.676. The van der Waals surface area contributed by atoms with Crippen LogP contribution in [0, 0.1) is 0 Å². The summed E-state index contributed by atoms with van der Waals surface area (Å²) in [6.07, 6.45) is -4.30. The molecule has 0 aliphatic rings. The Hall–Kier alpha value is -0.790. The molecule has 1 rings (SSSR count). The van der Waals surface area contributed by atoms with Crippen LogP contribution in [0.2, 0.25) is 0 Å². The highest BCUT2D eigenvalue weighted by Crippen LogP contribution is 2.28. The highest BCUT2D eigenvalue weighted by Gasteiger charge is 2.27. The summed E-state index contributed by atoms with van der Waals surface area (Å²) in [7, 11) is 1.82. The first kappa shape index (κ1) is 17.3. The molecule has 3 nitrogen and oxygen atoms in total. The van der Waals surface area contributed by atoms with Gasteiger partial charge in [0.25, 0.3) is 0 Å². The minimum absolute atomic E-state index is 0.0681. The smallest absolute Gasteiger partial charge is 0.411 e. The van der Waals surface area contributed by atoms with Crippen molar-refractivity contribution in [3.63, 3.8) is 0 Å². The van der Waals surface area contributed by atoms with E-state index in [-0.39, 0.29) is 19.3 Å². The maximum absolute atomic E-state index is 11.9. The quantitative estimate of drug-likeness (QED) is 0.756. The molecule has 1 unspecified atom stereocenters. The van der Waals surface area contributed by atoms with Gasteiger partial charge in [0, 0.05) is 16.1 Å². The molecule has 1 atom stereocenters. The molecule has 7 heteroatoms. The molecule has 1 N–H and O–H groups in total. The predicted molar refractivity (Wildman–Crippen MR) is 74.0 cm³/mol. The molecule has 0 saturated carbocycles. The molecule has 0 fully saturated rings. The molecule has 0 spiro atoms. The van der Waals surface area contributed by atoms with Gasteiger partial charge in [-0.15, -0.1) is 0 Å². The fourth-order valence-corrected chi connectivity index (χ4v) is 1.92. The second-order valence-corrected chi connectivity index (χ2v) is 5.12. The monoisotopic (exact) mass is 355 g/mol. The second-order valence-electron chi connectivity index (χ2n) is 4.21. The Morgan fingerprint density at radius 3 is 2.60 bits per heavy atom. The van der Waals surface area contributed by atoms with Crippen LogP contribution in [-0.4, -0.2) is 33.0 Å². The maximum Gasteiger partial charge on any atom is 0.411 e. The maximum atomic E-state index is 11.9. The summed E-state index contributed by atoms with van der Waals surface area (Å²) in [5.74, 6) is 0.630. The van der Waals surface area contributed by atoms with Gasteiger partial charge in [0.2, 0.25) is 0 Å². The zero-order valence-corrected chi connectivity index (χ0v) is 12.8. The van der Waals surface area contributed by atoms with Crippen molar-refractivity contribution in [1.29, 1.82) is 0 Å². The van der Waals surface area contributed by atoms with E-state index in [1.165, 1.54) is 0 Å². The highest BCUT2D eigenvalue weighted by atomic mass is 79.9. The zero-order chi connectivity index (χ0) is 15.2. The van der Waals surface area contributed by atoms with Crippen LogP contribution in [0.3, 0.4) is 0 Å². The number of halogens is 4. The molecule has 0 amide bonds. The topological polar surface area (TPSA) is 30.5 Å². The molecule has 0 aromatic heterocycles. The third-order valence-corrected chi connectivity index (χ3v) is 3.12. The Morgan fingerprint density at radius 1 is 1.30 bits per heavy atom. The van der Waals surface area contributed by atoms with Crippen LogP contribution in [0.4, 0.5) is 13.2 Å². The van der Waals surface area contributed by atoms with Crippen LogP contribution in [-0.2, 0) is 4.74 Å². The lowest BCUT2D eigenvalue weighted by Gasteiger charge is -2.17. The molecule has 0 saturated heterocycles. The normalized spacial score (nSPS) is 13.3. The number of alkyl halides is 3. The minimum Gasteiger partial charge on any atom is -0.491 e. The van der Waals surface area contributed by atoms with Crippen molar-refractivity contribution in [2.24, 2.45) is 0 Å². The number of hydrogen-bond donors (Lipinski definition) is 1. The van der Waals surface area contributed by atoms with E-state index in [4.69, 9.17) is 4.74 Å². The lowest BCUT2D eigenvalue weighted by molar-refractivity contribution is -0.175. The Balaban J connectivity index is 2.51. The number of rotatable bonds is 7. The zero-order valence-electron chi connectivity index (χ0n) is 11.3. The lowest BCUT2D eigenvalue weighted by Crippen LogP contribution is -2.20. The Morgan fingerprint density at radius 2 is 2.00 bits per heavy atom. The fraction of sp³-hybridized carbons (Fsp3) is 0.538. The van der Waals surface area contributed by atoms with Gasteiger partial charge in [-0.05, 0) is 32.2 Å². The summed E-state index contributed by atoms with van der Waals surface area (Å²) in [5, 5.41) is 3.09. The van der Waals surface area contributed by atoms with Gasteiger partial charge in [-0.3, -0.25) is 0 Å². The van der Waals surface area contributed by atoms with Gasteiger partial charge < -0.3 is 14.8 Å². The molecular weight excluding hydrogens is 339 g/mol. The molecular formula is C13H17BrF3NO2. The molecule has 1 aromatic rings. The van der Waals surface area contributed by atoms with Gasteiger partial charge >= 0.3 is 6.18 Å². The molecule has 0 heterocycles. The van der Waals surface area contributed by atoms with Gasteiger partial charge in [-0.2, -0.15) is 13.2 Å². The Bertz CT molecular complexity index is 427. The minimum atomic E-state index is -4.30. The number of hydrogen-bond acceptors (Lipinski definition) is 3. The fourth-order valence-electron chi connectivity index (χ4n) is 1.54. The Kier molecular flexibility index (Phi) is 6.78. The van der Waals surface area contributed by atoms with E-state index < -0.39 is 12.8 Å². The van der Waals surface area contributed by atoms with Crippen molar-refractivity contribution in [2.75, 3.05) is 26.9 Å². The molecule has 114 valence electrons. The predicted octanol–water partition coefficient (Wildman–Crippen LogP) is 3.69. The molecule has 20 heavy (non-hydrogen) atoms. The molecule has 0 aliphatic carbocycles. The van der Waals surface area contributed by atoms with Crippen LogP contribution in [0.5, 0.6) is 5.75 Å². The third kappa shape index (κ3) is 6.11. The van der Waals surface area contributed by atoms with Crippen LogP contribution in [0.25, 0.3) is 0 Å². The lowest BCUT2D eigenvalue weighted by atomic mass is 10.1. The summed E-state index contributed by atoms with van der Waals surface area (Å²) in [4.78, 5) is 0.